The molecule has 10 nitrogen and oxygen atoms in total. The maximum Gasteiger partial charge on any atom is 0.508 e. The minimum Gasteiger partial charge on any atom is -0.458 e. The highest BCUT2D eigenvalue weighted by molar-refractivity contribution is 5.77. The fourth-order valence-corrected chi connectivity index (χ4v) is 2.99. The summed E-state index contributed by atoms with van der Waals surface area (Å²) in [6.07, 6.45) is 1.97. The van der Waals surface area contributed by atoms with Crippen molar-refractivity contribution in [3.63, 3.8) is 0 Å². The van der Waals surface area contributed by atoms with Gasteiger partial charge in [0.05, 0.1) is 6.61 Å². The van der Waals surface area contributed by atoms with Gasteiger partial charge in [-0.3, -0.25) is 14.4 Å². The summed E-state index contributed by atoms with van der Waals surface area (Å²) in [6, 6.07) is 3.64. The lowest BCUT2D eigenvalue weighted by Crippen LogP contribution is -2.37. The highest BCUT2D eigenvalue weighted by Crippen LogP contribution is 2.30. The van der Waals surface area contributed by atoms with Crippen LogP contribution < -0.4 is 15.2 Å². The molecule has 2 atom stereocenters. The Hall–Kier alpha value is -3.14. The number of unbranched alkanes of at least 4 members (excludes halogenated alkanes) is 2. The van der Waals surface area contributed by atoms with Crippen molar-refractivity contribution >= 4 is 24.1 Å². The molecule has 0 aliphatic heterocycles. The molecule has 1 aromatic carbocycles. The Morgan fingerprint density at radius 1 is 0.895 bits per heavy atom. The molecule has 0 saturated carbocycles. The van der Waals surface area contributed by atoms with Gasteiger partial charge in [0.15, 0.2) is 11.5 Å². The first kappa shape index (κ1) is 32.9. The quantitative estimate of drug-likeness (QED) is 0.243. The molecule has 38 heavy (non-hydrogen) atoms. The Morgan fingerprint density at radius 3 is 2.03 bits per heavy atom. The van der Waals surface area contributed by atoms with E-state index in [0.29, 0.717) is 18.4 Å². The average Bonchev–Trinajstić information content (AvgIpc) is 2.84. The van der Waals surface area contributed by atoms with Crippen LogP contribution in [0, 0.1) is 5.41 Å². The van der Waals surface area contributed by atoms with Crippen molar-refractivity contribution in [3.05, 3.63) is 23.8 Å². The normalized spacial score (nSPS) is 12.7. The van der Waals surface area contributed by atoms with E-state index in [1.165, 1.54) is 12.1 Å². The molecule has 1 aromatic rings. The van der Waals surface area contributed by atoms with Gasteiger partial charge in [-0.1, -0.05) is 53.5 Å². The second-order valence-corrected chi connectivity index (χ2v) is 10.4. The molecule has 0 heterocycles. The van der Waals surface area contributed by atoms with Gasteiger partial charge in [0.2, 0.25) is 0 Å². The van der Waals surface area contributed by atoms with Gasteiger partial charge < -0.3 is 29.4 Å². The van der Waals surface area contributed by atoms with Crippen LogP contribution in [0.15, 0.2) is 18.2 Å². The van der Waals surface area contributed by atoms with E-state index in [2.05, 4.69) is 0 Å². The van der Waals surface area contributed by atoms with Crippen molar-refractivity contribution < 1.29 is 42.9 Å². The van der Waals surface area contributed by atoms with Crippen LogP contribution >= 0.6 is 0 Å². The lowest BCUT2D eigenvalue weighted by Gasteiger charge is -2.19. The van der Waals surface area contributed by atoms with Crippen molar-refractivity contribution in [3.8, 4) is 11.5 Å². The average molecular weight is 538 g/mol. The topological polar surface area (TPSA) is 140 Å². The summed E-state index contributed by atoms with van der Waals surface area (Å²) in [5.41, 5.74) is 6.42. The minimum absolute atomic E-state index is 0.0730. The van der Waals surface area contributed by atoms with Crippen molar-refractivity contribution in [2.45, 2.75) is 98.6 Å². The van der Waals surface area contributed by atoms with Gasteiger partial charge in [-0.25, -0.2) is 4.79 Å². The number of nitrogens with two attached hydrogens (primary N) is 1. The van der Waals surface area contributed by atoms with Crippen LogP contribution in [-0.4, -0.2) is 49.4 Å². The maximum atomic E-state index is 12.5. The largest absolute Gasteiger partial charge is 0.508 e. The second-order valence-electron chi connectivity index (χ2n) is 10.4. The molecule has 0 radical (unpaired) electrons. The first-order valence-electron chi connectivity index (χ1n) is 13.1. The molecule has 10 heteroatoms. The Morgan fingerprint density at radius 2 is 1.47 bits per heavy atom. The smallest absolute Gasteiger partial charge is 0.458 e. The van der Waals surface area contributed by atoms with Crippen LogP contribution in [0.1, 0.15) is 85.6 Å². The predicted molar refractivity (Wildman–Crippen MR) is 141 cm³/mol. The number of hydrogen-bond donors (Lipinski definition) is 1. The standard InChI is InChI=1S/C28H43NO9/c1-7-9-11-24(30)37-22-14-13-20(16-23(22)38-25(31)12-10-8-2)15-21(29)26(32)36-19(3)17-34-27(33)35-18-28(4,5)6/h13-14,16,19,21H,7-12,15,17-18,29H2,1-6H3/t19-,21-/m0/s1. The third-order valence-electron chi connectivity index (χ3n) is 5.06. The molecular formula is C28H43NO9. The molecule has 0 spiro atoms. The molecule has 0 fully saturated rings. The summed E-state index contributed by atoms with van der Waals surface area (Å²) in [5.74, 6) is -1.36. The Balaban J connectivity index is 2.77. The van der Waals surface area contributed by atoms with E-state index in [1.807, 2.05) is 34.6 Å². The second kappa shape index (κ2) is 16.7. The Labute approximate surface area is 225 Å². The van der Waals surface area contributed by atoms with E-state index >= 15 is 0 Å². The molecule has 0 aliphatic rings. The van der Waals surface area contributed by atoms with Gasteiger partial charge in [-0.2, -0.15) is 0 Å². The molecule has 0 bridgehead atoms. The number of esters is 3. The summed E-state index contributed by atoms with van der Waals surface area (Å²) in [4.78, 5) is 48.5. The van der Waals surface area contributed by atoms with Crippen LogP contribution in [0.25, 0.3) is 0 Å². The first-order chi connectivity index (χ1) is 17.8. The molecule has 0 aromatic heterocycles. The minimum atomic E-state index is -1.04. The monoisotopic (exact) mass is 537 g/mol. The number of ether oxygens (including phenoxy) is 5. The third-order valence-corrected chi connectivity index (χ3v) is 5.06. The zero-order chi connectivity index (χ0) is 28.7. The highest BCUT2D eigenvalue weighted by Gasteiger charge is 2.22. The number of benzene rings is 1. The number of rotatable bonds is 15. The van der Waals surface area contributed by atoms with Gasteiger partial charge >= 0.3 is 24.1 Å². The van der Waals surface area contributed by atoms with Gasteiger partial charge in [0, 0.05) is 12.8 Å². The van der Waals surface area contributed by atoms with Crippen LogP contribution in [0.3, 0.4) is 0 Å². The summed E-state index contributed by atoms with van der Waals surface area (Å²) in [6.45, 7) is 11.2. The molecule has 0 aliphatic carbocycles. The fraction of sp³-hybridized carbons (Fsp3) is 0.643. The maximum absolute atomic E-state index is 12.5. The summed E-state index contributed by atoms with van der Waals surface area (Å²) in [5, 5.41) is 0. The van der Waals surface area contributed by atoms with E-state index in [-0.39, 0.29) is 49.4 Å². The third kappa shape index (κ3) is 14.0. The zero-order valence-corrected chi connectivity index (χ0v) is 23.5. The summed E-state index contributed by atoms with van der Waals surface area (Å²) >= 11 is 0. The SMILES string of the molecule is CCCCC(=O)Oc1ccc(C[C@H](N)C(=O)O[C@@H](C)COC(=O)OCC(C)(C)C)cc1OC(=O)CCCC. The molecular weight excluding hydrogens is 494 g/mol. The van der Waals surface area contributed by atoms with Crippen LogP contribution in [0.5, 0.6) is 11.5 Å². The van der Waals surface area contributed by atoms with Gasteiger partial charge in [0.1, 0.15) is 18.8 Å². The van der Waals surface area contributed by atoms with Crippen molar-refractivity contribution in [2.75, 3.05) is 13.2 Å². The van der Waals surface area contributed by atoms with E-state index in [0.717, 1.165) is 12.8 Å². The van der Waals surface area contributed by atoms with Crippen molar-refractivity contribution in [1.29, 1.82) is 0 Å². The molecule has 0 amide bonds. The van der Waals surface area contributed by atoms with Gasteiger partial charge in [-0.05, 0) is 49.3 Å². The molecule has 0 unspecified atom stereocenters. The number of carbonyl (C=O) groups is 4. The number of carbonyl (C=O) groups excluding carboxylic acids is 4. The fourth-order valence-electron chi connectivity index (χ4n) is 2.99. The summed E-state index contributed by atoms with van der Waals surface area (Å²) < 4.78 is 26.1. The van der Waals surface area contributed by atoms with E-state index in [4.69, 9.17) is 29.4 Å². The predicted octanol–water partition coefficient (Wildman–Crippen LogP) is 4.88. The molecule has 214 valence electrons. The van der Waals surface area contributed by atoms with Crippen molar-refractivity contribution in [2.24, 2.45) is 11.1 Å². The van der Waals surface area contributed by atoms with Crippen LogP contribution in [0.4, 0.5) is 4.79 Å². The lowest BCUT2D eigenvalue weighted by atomic mass is 9.99. The summed E-state index contributed by atoms with van der Waals surface area (Å²) in [7, 11) is 0. The Bertz CT molecular complexity index is 923. The van der Waals surface area contributed by atoms with E-state index in [1.54, 1.807) is 13.0 Å². The van der Waals surface area contributed by atoms with Crippen molar-refractivity contribution in [1.82, 2.24) is 0 Å². The van der Waals surface area contributed by atoms with E-state index in [9.17, 15) is 19.2 Å². The zero-order valence-electron chi connectivity index (χ0n) is 23.5. The van der Waals surface area contributed by atoms with Gasteiger partial charge in [0.25, 0.3) is 0 Å². The van der Waals surface area contributed by atoms with Crippen LogP contribution in [-0.2, 0) is 35.0 Å². The molecule has 0 saturated heterocycles. The van der Waals surface area contributed by atoms with E-state index < -0.39 is 36.2 Å². The lowest BCUT2D eigenvalue weighted by molar-refractivity contribution is -0.152. The first-order valence-corrected chi connectivity index (χ1v) is 13.1. The molecule has 2 N–H and O–H groups in total. The molecule has 1 rings (SSSR count). The number of hydrogen-bond acceptors (Lipinski definition) is 10. The van der Waals surface area contributed by atoms with Gasteiger partial charge in [-0.15, -0.1) is 0 Å². The highest BCUT2D eigenvalue weighted by atomic mass is 16.7. The Kier molecular flexibility index (Phi) is 14.4. The van der Waals surface area contributed by atoms with Crippen LogP contribution in [0.2, 0.25) is 0 Å².